The summed E-state index contributed by atoms with van der Waals surface area (Å²) in [5.74, 6) is -0.684. The molecule has 0 bridgehead atoms. The molecule has 1 aromatic carbocycles. The Morgan fingerprint density at radius 2 is 1.88 bits per heavy atom. The van der Waals surface area contributed by atoms with Crippen molar-refractivity contribution in [3.8, 4) is 5.69 Å². The zero-order chi connectivity index (χ0) is 23.0. The number of thioether (sulfide) groups is 1. The lowest BCUT2D eigenvalue weighted by Crippen LogP contribution is -2.46. The summed E-state index contributed by atoms with van der Waals surface area (Å²) in [5.41, 5.74) is 4.80. The summed E-state index contributed by atoms with van der Waals surface area (Å²) in [7, 11) is 0. The number of aryl methyl sites for hydroxylation is 2. The van der Waals surface area contributed by atoms with E-state index in [2.05, 4.69) is 4.57 Å². The normalized spacial score (nSPS) is 18.2. The summed E-state index contributed by atoms with van der Waals surface area (Å²) < 4.78 is 7.33. The Kier molecular flexibility index (Phi) is 6.46. The van der Waals surface area contributed by atoms with Gasteiger partial charge in [0.05, 0.1) is 18.1 Å². The lowest BCUT2D eigenvalue weighted by molar-refractivity contribution is -0.139. The zero-order valence-corrected chi connectivity index (χ0v) is 19.8. The Bertz CT molecular complexity index is 1130. The van der Waals surface area contributed by atoms with Gasteiger partial charge in [-0.1, -0.05) is 17.7 Å². The Hall–Kier alpha value is -2.55. The molecule has 2 aliphatic heterocycles. The smallest absolute Gasteiger partial charge is 0.294 e. The number of imide groups is 1. The first-order valence-electron chi connectivity index (χ1n) is 10.3. The van der Waals surface area contributed by atoms with Crippen LogP contribution in [0.15, 0.2) is 29.2 Å². The number of nitrogens with zero attached hydrogens (tertiary/aromatic N) is 3. The maximum atomic E-state index is 12.9. The molecule has 0 atom stereocenters. The maximum absolute atomic E-state index is 12.9. The largest absolute Gasteiger partial charge is 0.378 e. The lowest BCUT2D eigenvalue weighted by Gasteiger charge is -2.28. The maximum Gasteiger partial charge on any atom is 0.294 e. The van der Waals surface area contributed by atoms with Crippen LogP contribution in [-0.2, 0) is 14.3 Å². The molecule has 1 aromatic heterocycles. The Morgan fingerprint density at radius 3 is 2.59 bits per heavy atom. The number of aromatic nitrogens is 1. The minimum Gasteiger partial charge on any atom is -0.378 e. The number of hydrogen-bond acceptors (Lipinski definition) is 5. The average Bonchev–Trinajstić information content (AvgIpc) is 3.19. The van der Waals surface area contributed by atoms with Gasteiger partial charge in [-0.2, -0.15) is 0 Å². The number of morpholine rings is 1. The molecule has 2 aromatic rings. The van der Waals surface area contributed by atoms with E-state index in [0.29, 0.717) is 36.2 Å². The molecule has 0 aliphatic carbocycles. The minimum atomic E-state index is -0.439. The van der Waals surface area contributed by atoms with E-state index in [4.69, 9.17) is 16.3 Å². The van der Waals surface area contributed by atoms with Gasteiger partial charge in [-0.3, -0.25) is 19.3 Å². The molecule has 3 heterocycles. The topological polar surface area (TPSA) is 71.8 Å². The third-order valence-electron chi connectivity index (χ3n) is 5.70. The van der Waals surface area contributed by atoms with E-state index in [1.807, 2.05) is 45.0 Å². The summed E-state index contributed by atoms with van der Waals surface area (Å²) >= 11 is 7.07. The molecule has 0 N–H and O–H groups in total. The highest BCUT2D eigenvalue weighted by molar-refractivity contribution is 8.18. The Labute approximate surface area is 195 Å². The molecule has 0 saturated carbocycles. The zero-order valence-electron chi connectivity index (χ0n) is 18.2. The van der Waals surface area contributed by atoms with Crippen LogP contribution in [0.5, 0.6) is 0 Å². The molecular formula is C23H24ClN3O4S. The quantitative estimate of drug-likeness (QED) is 0.629. The standard InChI is InChI=1S/C23H24ClN3O4S/c1-14-4-5-18(24)12-19(14)27-15(2)10-17(16(27)3)11-20-22(29)26(23(30)32-20)13-21(28)25-6-8-31-9-7-25/h4-5,10-12H,6-9,13H2,1-3H3. The summed E-state index contributed by atoms with van der Waals surface area (Å²) in [4.78, 5) is 40.9. The average molecular weight is 474 g/mol. The van der Waals surface area contributed by atoms with Gasteiger partial charge < -0.3 is 14.2 Å². The molecular weight excluding hydrogens is 450 g/mol. The van der Waals surface area contributed by atoms with Crippen molar-refractivity contribution in [2.24, 2.45) is 0 Å². The van der Waals surface area contributed by atoms with E-state index in [9.17, 15) is 14.4 Å². The van der Waals surface area contributed by atoms with E-state index in [0.717, 1.165) is 44.9 Å². The fourth-order valence-corrected chi connectivity index (χ4v) is 4.95. The number of benzene rings is 1. The van der Waals surface area contributed by atoms with Crippen molar-refractivity contribution in [1.29, 1.82) is 0 Å². The van der Waals surface area contributed by atoms with Crippen molar-refractivity contribution in [2.45, 2.75) is 20.8 Å². The third kappa shape index (κ3) is 4.35. The second kappa shape index (κ2) is 9.13. The predicted octanol–water partition coefficient (Wildman–Crippen LogP) is 3.95. The number of carbonyl (C=O) groups excluding carboxylic acids is 3. The first-order chi connectivity index (χ1) is 15.3. The molecule has 2 fully saturated rings. The molecule has 7 nitrogen and oxygen atoms in total. The van der Waals surface area contributed by atoms with Crippen molar-refractivity contribution in [2.75, 3.05) is 32.8 Å². The van der Waals surface area contributed by atoms with Gasteiger partial charge in [0.1, 0.15) is 6.54 Å². The summed E-state index contributed by atoms with van der Waals surface area (Å²) in [6.45, 7) is 7.59. The molecule has 2 saturated heterocycles. The number of hydrogen-bond donors (Lipinski definition) is 0. The van der Waals surface area contributed by atoms with Gasteiger partial charge >= 0.3 is 0 Å². The monoisotopic (exact) mass is 473 g/mol. The van der Waals surface area contributed by atoms with Crippen LogP contribution < -0.4 is 0 Å². The first-order valence-corrected chi connectivity index (χ1v) is 11.5. The van der Waals surface area contributed by atoms with E-state index in [1.54, 1.807) is 11.0 Å². The Balaban J connectivity index is 1.58. The number of ether oxygens (including phenoxy) is 1. The highest BCUT2D eigenvalue weighted by atomic mass is 35.5. The predicted molar refractivity (Wildman–Crippen MR) is 125 cm³/mol. The van der Waals surface area contributed by atoms with Crippen molar-refractivity contribution in [3.05, 3.63) is 56.7 Å². The van der Waals surface area contributed by atoms with Gasteiger partial charge in [-0.05, 0) is 67.9 Å². The van der Waals surface area contributed by atoms with Gasteiger partial charge in [-0.25, -0.2) is 0 Å². The van der Waals surface area contributed by atoms with Crippen LogP contribution in [0, 0.1) is 20.8 Å². The van der Waals surface area contributed by atoms with Crippen molar-refractivity contribution < 1.29 is 19.1 Å². The van der Waals surface area contributed by atoms with Crippen molar-refractivity contribution in [1.82, 2.24) is 14.4 Å². The molecule has 0 spiro atoms. The van der Waals surface area contributed by atoms with Crippen LogP contribution in [0.4, 0.5) is 4.79 Å². The van der Waals surface area contributed by atoms with Crippen molar-refractivity contribution >= 4 is 46.5 Å². The van der Waals surface area contributed by atoms with Gasteiger partial charge in [0.2, 0.25) is 5.91 Å². The van der Waals surface area contributed by atoms with Gasteiger partial charge in [0.15, 0.2) is 0 Å². The van der Waals surface area contributed by atoms with Crippen LogP contribution in [-0.4, -0.2) is 64.3 Å². The van der Waals surface area contributed by atoms with Crippen molar-refractivity contribution in [3.63, 3.8) is 0 Å². The highest BCUT2D eigenvalue weighted by Crippen LogP contribution is 2.34. The van der Waals surface area contributed by atoms with Crippen LogP contribution in [0.3, 0.4) is 0 Å². The second-order valence-corrected chi connectivity index (χ2v) is 9.28. The summed E-state index contributed by atoms with van der Waals surface area (Å²) in [6.07, 6.45) is 1.73. The second-order valence-electron chi connectivity index (χ2n) is 7.85. The molecule has 0 unspecified atom stereocenters. The SMILES string of the molecule is Cc1ccc(Cl)cc1-n1c(C)cc(C=C2SC(=O)N(CC(=O)N3CCOCC3)C2=O)c1C. The van der Waals surface area contributed by atoms with E-state index >= 15 is 0 Å². The van der Waals surface area contributed by atoms with Gasteiger partial charge in [0, 0.05) is 35.2 Å². The molecule has 3 amide bonds. The van der Waals surface area contributed by atoms with Crippen LogP contribution in [0.1, 0.15) is 22.5 Å². The van der Waals surface area contributed by atoms with Gasteiger partial charge in [-0.15, -0.1) is 0 Å². The summed E-state index contributed by atoms with van der Waals surface area (Å²) in [5, 5.41) is 0.216. The van der Waals surface area contributed by atoms with Crippen LogP contribution in [0.2, 0.25) is 5.02 Å². The summed E-state index contributed by atoms with van der Waals surface area (Å²) in [6, 6.07) is 7.70. The number of amides is 3. The van der Waals surface area contributed by atoms with E-state index < -0.39 is 11.1 Å². The molecule has 9 heteroatoms. The molecule has 32 heavy (non-hydrogen) atoms. The number of rotatable bonds is 4. The Morgan fingerprint density at radius 1 is 1.16 bits per heavy atom. The first kappa shape index (κ1) is 22.6. The van der Waals surface area contributed by atoms with Crippen LogP contribution in [0.25, 0.3) is 11.8 Å². The fraction of sp³-hybridized carbons (Fsp3) is 0.348. The van der Waals surface area contributed by atoms with Crippen LogP contribution >= 0.6 is 23.4 Å². The third-order valence-corrected chi connectivity index (χ3v) is 6.84. The van der Waals surface area contributed by atoms with Gasteiger partial charge in [0.25, 0.3) is 11.1 Å². The number of halogens is 1. The lowest BCUT2D eigenvalue weighted by atomic mass is 10.2. The molecule has 2 aliphatic rings. The molecule has 4 rings (SSSR count). The number of carbonyl (C=O) groups is 3. The molecule has 0 radical (unpaired) electrons. The molecule has 168 valence electrons. The fourth-order valence-electron chi connectivity index (χ4n) is 3.95. The van der Waals surface area contributed by atoms with E-state index in [1.165, 1.54) is 0 Å². The van der Waals surface area contributed by atoms with E-state index in [-0.39, 0.29) is 12.5 Å². The minimum absolute atomic E-state index is 0.244. The highest BCUT2D eigenvalue weighted by Gasteiger charge is 2.37.